The van der Waals surface area contributed by atoms with Crippen LogP contribution < -0.4 is 14.8 Å². The Kier molecular flexibility index (Phi) is 6.08. The average molecular weight is 466 g/mol. The quantitative estimate of drug-likeness (QED) is 0.402. The number of hydrogen-bond acceptors (Lipinski definition) is 7. The van der Waals surface area contributed by atoms with Gasteiger partial charge in [0, 0.05) is 36.9 Å². The monoisotopic (exact) mass is 465 g/mol. The molecular weight excluding hydrogens is 438 g/mol. The predicted molar refractivity (Wildman–Crippen MR) is 124 cm³/mol. The van der Waals surface area contributed by atoms with Gasteiger partial charge in [-0.1, -0.05) is 6.07 Å². The van der Waals surface area contributed by atoms with Crippen molar-refractivity contribution >= 4 is 22.7 Å². The smallest absolute Gasteiger partial charge is 0.271 e. The lowest BCUT2D eigenvalue weighted by molar-refractivity contribution is -0.384. The molecule has 2 fully saturated rings. The van der Waals surface area contributed by atoms with Crippen LogP contribution in [0.1, 0.15) is 49.5 Å². The number of oxazole rings is 1. The van der Waals surface area contributed by atoms with Gasteiger partial charge in [0.1, 0.15) is 5.52 Å². The summed E-state index contributed by atoms with van der Waals surface area (Å²) in [7, 11) is 1.64. The number of aromatic nitrogens is 1. The second-order valence-electron chi connectivity index (χ2n) is 9.03. The van der Waals surface area contributed by atoms with E-state index in [4.69, 9.17) is 13.9 Å². The number of rotatable bonds is 7. The largest absolute Gasteiger partial charge is 0.493 e. The van der Waals surface area contributed by atoms with Crippen LogP contribution in [0, 0.1) is 16.0 Å². The molecule has 2 aliphatic rings. The Hall–Kier alpha value is -3.62. The molecule has 9 nitrogen and oxygen atoms in total. The lowest BCUT2D eigenvalue weighted by atomic mass is 9.83. The van der Waals surface area contributed by atoms with Gasteiger partial charge in [-0.2, -0.15) is 0 Å². The zero-order chi connectivity index (χ0) is 23.7. The molecule has 178 valence electrons. The minimum Gasteiger partial charge on any atom is -0.493 e. The summed E-state index contributed by atoms with van der Waals surface area (Å²) in [4.78, 5) is 27.6. The van der Waals surface area contributed by atoms with Gasteiger partial charge in [0.25, 0.3) is 5.69 Å². The summed E-state index contributed by atoms with van der Waals surface area (Å²) in [5.41, 5.74) is 1.93. The molecule has 0 unspecified atom stereocenters. The third-order valence-corrected chi connectivity index (χ3v) is 6.76. The molecule has 2 aromatic carbocycles. The number of amides is 1. The summed E-state index contributed by atoms with van der Waals surface area (Å²) in [5.74, 6) is 1.62. The van der Waals surface area contributed by atoms with Gasteiger partial charge in [-0.15, -0.1) is 0 Å². The fraction of sp³-hybridized carbons (Fsp3) is 0.440. The van der Waals surface area contributed by atoms with Crippen LogP contribution in [0.2, 0.25) is 0 Å². The van der Waals surface area contributed by atoms with Crippen LogP contribution >= 0.6 is 0 Å². The van der Waals surface area contributed by atoms with Crippen molar-refractivity contribution in [2.75, 3.05) is 13.7 Å². The van der Waals surface area contributed by atoms with Gasteiger partial charge in [-0.3, -0.25) is 14.9 Å². The van der Waals surface area contributed by atoms with Crippen LogP contribution in [-0.4, -0.2) is 35.6 Å². The number of hydrogen-bond donors (Lipinski definition) is 1. The zero-order valence-corrected chi connectivity index (χ0v) is 19.0. The molecule has 2 heterocycles. The zero-order valence-electron chi connectivity index (χ0n) is 19.0. The topological polar surface area (TPSA) is 117 Å². The van der Waals surface area contributed by atoms with Gasteiger partial charge < -0.3 is 19.2 Å². The number of carbonyl (C=O) groups is 1. The highest BCUT2D eigenvalue weighted by atomic mass is 16.6. The van der Waals surface area contributed by atoms with Crippen molar-refractivity contribution in [3.63, 3.8) is 0 Å². The van der Waals surface area contributed by atoms with Crippen molar-refractivity contribution in [3.05, 3.63) is 58.0 Å². The Bertz CT molecular complexity index is 1220. The first kappa shape index (κ1) is 22.2. The van der Waals surface area contributed by atoms with Crippen molar-refractivity contribution in [1.82, 2.24) is 10.3 Å². The minimum atomic E-state index is -0.466. The Morgan fingerprint density at radius 3 is 2.76 bits per heavy atom. The van der Waals surface area contributed by atoms with Crippen molar-refractivity contribution in [2.24, 2.45) is 5.92 Å². The Labute approximate surface area is 196 Å². The van der Waals surface area contributed by atoms with Crippen molar-refractivity contribution in [2.45, 2.75) is 50.5 Å². The predicted octanol–water partition coefficient (Wildman–Crippen LogP) is 4.53. The summed E-state index contributed by atoms with van der Waals surface area (Å²) in [5, 5.41) is 14.0. The van der Waals surface area contributed by atoms with Crippen molar-refractivity contribution in [1.29, 1.82) is 0 Å². The van der Waals surface area contributed by atoms with E-state index < -0.39 is 4.92 Å². The van der Waals surface area contributed by atoms with Crippen LogP contribution in [0.15, 0.2) is 40.8 Å². The number of nitro benzene ring substituents is 1. The van der Waals surface area contributed by atoms with E-state index in [1.807, 2.05) is 18.2 Å². The number of nitrogens with zero attached hydrogens (tertiary/aromatic N) is 2. The van der Waals surface area contributed by atoms with Gasteiger partial charge >= 0.3 is 0 Å². The van der Waals surface area contributed by atoms with Gasteiger partial charge in [-0.05, 0) is 55.9 Å². The summed E-state index contributed by atoms with van der Waals surface area (Å²) in [6.07, 6.45) is 5.67. The first-order valence-electron chi connectivity index (χ1n) is 11.7. The van der Waals surface area contributed by atoms with Gasteiger partial charge in [0.15, 0.2) is 23.0 Å². The maximum Gasteiger partial charge on any atom is 0.271 e. The van der Waals surface area contributed by atoms with Gasteiger partial charge in [0.2, 0.25) is 5.91 Å². The van der Waals surface area contributed by atoms with Crippen LogP contribution in [-0.2, 0) is 11.2 Å². The lowest BCUT2D eigenvalue weighted by Crippen LogP contribution is -2.41. The maximum absolute atomic E-state index is 12.6. The fourth-order valence-corrected chi connectivity index (χ4v) is 4.93. The first-order valence-corrected chi connectivity index (χ1v) is 11.7. The van der Waals surface area contributed by atoms with E-state index in [-0.39, 0.29) is 29.5 Å². The first-order chi connectivity index (χ1) is 16.5. The maximum atomic E-state index is 12.6. The third-order valence-electron chi connectivity index (χ3n) is 6.76. The molecule has 1 N–H and O–H groups in total. The second-order valence-corrected chi connectivity index (χ2v) is 9.03. The fourth-order valence-electron chi connectivity index (χ4n) is 4.93. The van der Waals surface area contributed by atoms with Crippen LogP contribution in [0.3, 0.4) is 0 Å². The molecule has 2 atom stereocenters. The molecule has 0 radical (unpaired) electrons. The lowest BCUT2D eigenvalue weighted by Gasteiger charge is -2.29. The number of fused-ring (bicyclic) bond motifs is 1. The highest BCUT2D eigenvalue weighted by molar-refractivity contribution is 5.80. The Morgan fingerprint density at radius 2 is 2.00 bits per heavy atom. The Balaban J connectivity index is 1.33. The number of carbonyl (C=O) groups excluding carboxylic acids is 1. The molecule has 1 saturated carbocycles. The van der Waals surface area contributed by atoms with E-state index in [0.717, 1.165) is 24.2 Å². The third kappa shape index (κ3) is 4.55. The number of ether oxygens (including phenoxy) is 2. The highest BCUT2D eigenvalue weighted by Crippen LogP contribution is 2.37. The van der Waals surface area contributed by atoms with E-state index in [1.54, 1.807) is 7.11 Å². The van der Waals surface area contributed by atoms with E-state index >= 15 is 0 Å². The average Bonchev–Trinajstić information content (AvgIpc) is 3.49. The molecule has 1 aliphatic carbocycles. The summed E-state index contributed by atoms with van der Waals surface area (Å²) < 4.78 is 17.5. The molecule has 1 saturated heterocycles. The SMILES string of the molecule is COc1ccc([C@H]2CNC(=O)[C@H](Cc3nc4cc([N+](=O)[O-])ccc4o3)C2)cc1OC1CCCC1. The van der Waals surface area contributed by atoms with Crippen LogP contribution in [0.5, 0.6) is 11.5 Å². The molecular formula is C25H27N3O6. The molecule has 1 aliphatic heterocycles. The summed E-state index contributed by atoms with van der Waals surface area (Å²) in [6, 6.07) is 10.3. The van der Waals surface area contributed by atoms with Crippen LogP contribution in [0.25, 0.3) is 11.1 Å². The molecule has 1 aromatic heterocycles. The van der Waals surface area contributed by atoms with Crippen molar-refractivity contribution < 1.29 is 23.6 Å². The highest BCUT2D eigenvalue weighted by Gasteiger charge is 2.31. The molecule has 34 heavy (non-hydrogen) atoms. The number of nitro groups is 1. The summed E-state index contributed by atoms with van der Waals surface area (Å²) >= 11 is 0. The van der Waals surface area contributed by atoms with E-state index in [1.165, 1.54) is 31.0 Å². The molecule has 3 aromatic rings. The molecule has 1 amide bonds. The van der Waals surface area contributed by atoms with Crippen molar-refractivity contribution in [3.8, 4) is 11.5 Å². The minimum absolute atomic E-state index is 0.0413. The van der Waals surface area contributed by atoms with E-state index in [2.05, 4.69) is 10.3 Å². The molecule has 0 bridgehead atoms. The standard InChI is InChI=1S/C25H27N3O6/c1-32-22-8-6-15(11-23(22)33-19-4-2-3-5-19)17-10-16(25(29)26-14-17)12-24-27-20-13-18(28(30)31)7-9-21(20)34-24/h6-9,11,13,16-17,19H,2-5,10,12,14H2,1H3,(H,26,29)/t16-,17+/m0/s1. The number of non-ortho nitro benzene ring substituents is 1. The number of methoxy groups -OCH3 is 1. The normalized spacial score (nSPS) is 20.9. The second kappa shape index (κ2) is 9.32. The Morgan fingerprint density at radius 1 is 1.18 bits per heavy atom. The number of benzene rings is 2. The van der Waals surface area contributed by atoms with E-state index in [9.17, 15) is 14.9 Å². The van der Waals surface area contributed by atoms with Crippen LogP contribution in [0.4, 0.5) is 5.69 Å². The van der Waals surface area contributed by atoms with Gasteiger partial charge in [-0.25, -0.2) is 4.98 Å². The molecule has 0 spiro atoms. The number of nitrogens with one attached hydrogen (secondary N) is 1. The number of piperidine rings is 1. The summed E-state index contributed by atoms with van der Waals surface area (Å²) in [6.45, 7) is 0.546. The van der Waals surface area contributed by atoms with E-state index in [0.29, 0.717) is 42.1 Å². The molecule has 9 heteroatoms. The molecule has 5 rings (SSSR count). The van der Waals surface area contributed by atoms with Gasteiger partial charge in [0.05, 0.1) is 18.1 Å².